The van der Waals surface area contributed by atoms with Crippen LogP contribution in [0.3, 0.4) is 0 Å². The first-order valence-corrected chi connectivity index (χ1v) is 9.26. The van der Waals surface area contributed by atoms with Crippen molar-refractivity contribution in [2.75, 3.05) is 13.2 Å². The van der Waals surface area contributed by atoms with Gasteiger partial charge >= 0.3 is 0 Å². The summed E-state index contributed by atoms with van der Waals surface area (Å²) < 4.78 is 37.8. The van der Waals surface area contributed by atoms with Crippen LogP contribution in [0.1, 0.15) is 5.56 Å². The first-order chi connectivity index (χ1) is 11.5. The summed E-state index contributed by atoms with van der Waals surface area (Å²) >= 11 is 5.79. The van der Waals surface area contributed by atoms with E-state index in [-0.39, 0.29) is 12.6 Å². The molecular formula is C17H16ClNO4S. The van der Waals surface area contributed by atoms with Gasteiger partial charge in [-0.15, -0.1) is 0 Å². The summed E-state index contributed by atoms with van der Waals surface area (Å²) in [5.41, 5.74) is 0.746. The summed E-state index contributed by atoms with van der Waals surface area (Å²) in [6.45, 7) is 0.419. The molecule has 0 spiro atoms. The van der Waals surface area contributed by atoms with Gasteiger partial charge in [-0.05, 0) is 35.9 Å². The number of benzene rings is 2. The quantitative estimate of drug-likeness (QED) is 0.884. The Labute approximate surface area is 145 Å². The third kappa shape index (κ3) is 4.50. The number of nitrogens with one attached hydrogen (secondary N) is 1. The fourth-order valence-electron chi connectivity index (χ4n) is 2.16. The number of ether oxygens (including phenoxy) is 2. The molecule has 0 aliphatic carbocycles. The van der Waals surface area contributed by atoms with Gasteiger partial charge in [-0.25, -0.2) is 13.1 Å². The molecule has 2 aromatic rings. The van der Waals surface area contributed by atoms with Crippen LogP contribution in [0.4, 0.5) is 0 Å². The minimum absolute atomic E-state index is 0.127. The van der Waals surface area contributed by atoms with Crippen LogP contribution >= 0.6 is 11.6 Å². The number of hydrogen-bond acceptors (Lipinski definition) is 4. The number of fused-ring (bicyclic) bond motifs is 1. The lowest BCUT2D eigenvalue weighted by Crippen LogP contribution is -2.40. The zero-order valence-electron chi connectivity index (χ0n) is 12.7. The van der Waals surface area contributed by atoms with Crippen LogP contribution in [-0.2, 0) is 10.0 Å². The van der Waals surface area contributed by atoms with E-state index in [1.165, 1.54) is 6.08 Å². The third-order valence-corrected chi connectivity index (χ3v) is 4.70. The lowest BCUT2D eigenvalue weighted by molar-refractivity contribution is 0.0943. The minimum atomic E-state index is -3.57. The van der Waals surface area contributed by atoms with Crippen LogP contribution in [0.25, 0.3) is 6.08 Å². The van der Waals surface area contributed by atoms with E-state index in [1.54, 1.807) is 30.3 Å². The van der Waals surface area contributed by atoms with Crippen molar-refractivity contribution in [1.82, 2.24) is 4.72 Å². The van der Waals surface area contributed by atoms with Crippen molar-refractivity contribution >= 4 is 27.7 Å². The van der Waals surface area contributed by atoms with Gasteiger partial charge in [0, 0.05) is 10.4 Å². The zero-order valence-corrected chi connectivity index (χ0v) is 14.3. The van der Waals surface area contributed by atoms with Gasteiger partial charge in [0.15, 0.2) is 11.5 Å². The van der Waals surface area contributed by atoms with Gasteiger partial charge in [0.25, 0.3) is 0 Å². The Bertz CT molecular complexity index is 834. The minimum Gasteiger partial charge on any atom is -0.486 e. The first kappa shape index (κ1) is 16.8. The van der Waals surface area contributed by atoms with Gasteiger partial charge in [-0.3, -0.25) is 0 Å². The molecule has 1 heterocycles. The van der Waals surface area contributed by atoms with Crippen molar-refractivity contribution in [2.24, 2.45) is 0 Å². The maximum atomic E-state index is 12.0. The van der Waals surface area contributed by atoms with Gasteiger partial charge in [0.05, 0.1) is 6.54 Å². The Morgan fingerprint density at radius 1 is 1.12 bits per heavy atom. The molecule has 5 nitrogen and oxygen atoms in total. The Morgan fingerprint density at radius 2 is 1.83 bits per heavy atom. The van der Waals surface area contributed by atoms with Gasteiger partial charge in [-0.2, -0.15) is 0 Å². The first-order valence-electron chi connectivity index (χ1n) is 7.34. The second kappa shape index (κ2) is 7.25. The van der Waals surface area contributed by atoms with E-state index in [0.717, 1.165) is 11.0 Å². The van der Waals surface area contributed by atoms with Gasteiger partial charge < -0.3 is 9.47 Å². The summed E-state index contributed by atoms with van der Waals surface area (Å²) in [4.78, 5) is 0. The highest BCUT2D eigenvalue weighted by Crippen LogP contribution is 2.30. The van der Waals surface area contributed by atoms with Crippen molar-refractivity contribution in [3.05, 3.63) is 64.5 Å². The van der Waals surface area contributed by atoms with Gasteiger partial charge in [0.2, 0.25) is 10.0 Å². The maximum Gasteiger partial charge on any atom is 0.233 e. The monoisotopic (exact) mass is 365 g/mol. The molecule has 1 atom stereocenters. The topological polar surface area (TPSA) is 64.6 Å². The van der Waals surface area contributed by atoms with E-state index < -0.39 is 10.0 Å². The number of halogens is 1. The van der Waals surface area contributed by atoms with E-state index in [0.29, 0.717) is 23.1 Å². The van der Waals surface area contributed by atoms with Crippen molar-refractivity contribution in [2.45, 2.75) is 6.10 Å². The standard InChI is InChI=1S/C17H16ClNO4S/c18-14-7-5-13(6-8-14)9-10-24(20,21)19-11-15-12-22-16-3-1-2-4-17(16)23-15/h1-10,15,19H,11-12H2/b10-9+. The Hall–Kier alpha value is -2.02. The van der Waals surface area contributed by atoms with Crippen molar-refractivity contribution in [3.8, 4) is 11.5 Å². The van der Waals surface area contributed by atoms with Crippen molar-refractivity contribution in [3.63, 3.8) is 0 Å². The molecule has 1 aliphatic heterocycles. The van der Waals surface area contributed by atoms with Gasteiger partial charge in [0.1, 0.15) is 12.7 Å². The molecule has 0 saturated heterocycles. The molecule has 0 fully saturated rings. The lowest BCUT2D eigenvalue weighted by atomic mass is 10.2. The van der Waals surface area contributed by atoms with Crippen LogP contribution in [0.5, 0.6) is 11.5 Å². The highest BCUT2D eigenvalue weighted by Gasteiger charge is 2.21. The van der Waals surface area contributed by atoms with E-state index in [4.69, 9.17) is 21.1 Å². The Kier molecular flexibility index (Phi) is 5.08. The zero-order chi connectivity index (χ0) is 17.0. The third-order valence-electron chi connectivity index (χ3n) is 3.39. The molecule has 1 aliphatic rings. The van der Waals surface area contributed by atoms with E-state index in [2.05, 4.69) is 4.72 Å². The SMILES string of the molecule is O=S(=O)(/C=C/c1ccc(Cl)cc1)NCC1COc2ccccc2O1. The summed E-state index contributed by atoms with van der Waals surface area (Å²) in [6, 6.07) is 14.2. The average Bonchev–Trinajstić information content (AvgIpc) is 2.59. The lowest BCUT2D eigenvalue weighted by Gasteiger charge is -2.26. The second-order valence-electron chi connectivity index (χ2n) is 5.25. The molecule has 0 aromatic heterocycles. The molecule has 1 unspecified atom stereocenters. The fourth-order valence-corrected chi connectivity index (χ4v) is 3.14. The molecule has 0 amide bonds. The van der Waals surface area contributed by atoms with E-state index in [9.17, 15) is 8.42 Å². The predicted molar refractivity (Wildman–Crippen MR) is 93.8 cm³/mol. The molecule has 126 valence electrons. The van der Waals surface area contributed by atoms with Crippen LogP contribution in [-0.4, -0.2) is 27.7 Å². The highest BCUT2D eigenvalue weighted by atomic mass is 35.5. The van der Waals surface area contributed by atoms with Crippen LogP contribution in [0, 0.1) is 0 Å². The Morgan fingerprint density at radius 3 is 2.58 bits per heavy atom. The molecule has 1 N–H and O–H groups in total. The molecule has 0 bridgehead atoms. The molecule has 3 rings (SSSR count). The molecule has 0 saturated carbocycles. The summed E-state index contributed by atoms with van der Waals surface area (Å²) in [6.07, 6.45) is 1.13. The van der Waals surface area contributed by atoms with Crippen LogP contribution in [0.15, 0.2) is 53.9 Å². The summed E-state index contributed by atoms with van der Waals surface area (Å²) in [5.74, 6) is 1.28. The molecule has 7 heteroatoms. The smallest absolute Gasteiger partial charge is 0.233 e. The summed E-state index contributed by atoms with van der Waals surface area (Å²) in [7, 11) is -3.57. The van der Waals surface area contributed by atoms with E-state index in [1.807, 2.05) is 18.2 Å². The summed E-state index contributed by atoms with van der Waals surface area (Å²) in [5, 5.41) is 1.72. The highest BCUT2D eigenvalue weighted by molar-refractivity contribution is 7.92. The van der Waals surface area contributed by atoms with Gasteiger partial charge in [-0.1, -0.05) is 35.9 Å². The predicted octanol–water partition coefficient (Wildman–Crippen LogP) is 3.07. The van der Waals surface area contributed by atoms with Crippen molar-refractivity contribution in [1.29, 1.82) is 0 Å². The fraction of sp³-hybridized carbons (Fsp3) is 0.176. The van der Waals surface area contributed by atoms with Crippen LogP contribution in [0.2, 0.25) is 5.02 Å². The Balaban J connectivity index is 1.57. The number of para-hydroxylation sites is 2. The van der Waals surface area contributed by atoms with Crippen LogP contribution < -0.4 is 14.2 Å². The maximum absolute atomic E-state index is 12.0. The largest absolute Gasteiger partial charge is 0.486 e. The molecule has 2 aromatic carbocycles. The second-order valence-corrected chi connectivity index (χ2v) is 7.33. The molecular weight excluding hydrogens is 350 g/mol. The number of hydrogen-bond donors (Lipinski definition) is 1. The molecule has 24 heavy (non-hydrogen) atoms. The number of sulfonamides is 1. The van der Waals surface area contributed by atoms with E-state index >= 15 is 0 Å². The van der Waals surface area contributed by atoms with Crippen molar-refractivity contribution < 1.29 is 17.9 Å². The normalized spacial score (nSPS) is 17.1. The number of rotatable bonds is 5. The molecule has 0 radical (unpaired) electrons. The average molecular weight is 366 g/mol.